The van der Waals surface area contributed by atoms with Crippen LogP contribution in [0.3, 0.4) is 0 Å². The molecule has 0 saturated heterocycles. The van der Waals surface area contributed by atoms with Crippen molar-refractivity contribution in [2.75, 3.05) is 14.1 Å². The molecule has 4 aromatic rings. The molecule has 0 aliphatic carbocycles. The van der Waals surface area contributed by atoms with Crippen molar-refractivity contribution in [2.45, 2.75) is 19.9 Å². The Bertz CT molecular complexity index is 1570. The van der Waals surface area contributed by atoms with Gasteiger partial charge in [-0.15, -0.1) is 11.3 Å². The number of nitrogens with one attached hydrogen (secondary N) is 1. The van der Waals surface area contributed by atoms with Gasteiger partial charge in [0.1, 0.15) is 22.2 Å². The average molecular weight is 514 g/mol. The van der Waals surface area contributed by atoms with Crippen molar-refractivity contribution in [3.8, 4) is 16.3 Å². The zero-order chi connectivity index (χ0) is 26.1. The molecule has 0 radical (unpaired) electrons. The van der Waals surface area contributed by atoms with E-state index in [9.17, 15) is 28.5 Å². The summed E-state index contributed by atoms with van der Waals surface area (Å²) in [6.45, 7) is 1.92. The van der Waals surface area contributed by atoms with Gasteiger partial charge >= 0.3 is 5.69 Å². The number of hydrogen-bond donors (Lipinski definition) is 1. The lowest BCUT2D eigenvalue weighted by atomic mass is 9.94. The van der Waals surface area contributed by atoms with Crippen LogP contribution in [0.25, 0.3) is 16.3 Å². The van der Waals surface area contributed by atoms with E-state index < -0.39 is 27.8 Å². The summed E-state index contributed by atoms with van der Waals surface area (Å²) in [5.74, 6) is -1.59. The fraction of sp³-hybridized carbons (Fsp3) is 0.208. The molecule has 186 valence electrons. The summed E-state index contributed by atoms with van der Waals surface area (Å²) in [5.41, 5.74) is -1.50. The maximum atomic E-state index is 14.7. The minimum absolute atomic E-state index is 0.0162. The minimum atomic E-state index is -0.859. The van der Waals surface area contributed by atoms with Crippen LogP contribution in [-0.2, 0) is 13.0 Å². The number of nitro groups is 1. The molecule has 0 aliphatic rings. The highest BCUT2D eigenvalue weighted by molar-refractivity contribution is 7.15. The molecule has 4 rings (SSSR count). The van der Waals surface area contributed by atoms with Gasteiger partial charge in [0.15, 0.2) is 0 Å². The lowest BCUT2D eigenvalue weighted by Gasteiger charge is -2.20. The van der Waals surface area contributed by atoms with Crippen LogP contribution in [-0.4, -0.2) is 38.5 Å². The molecule has 0 bridgehead atoms. The van der Waals surface area contributed by atoms with E-state index in [4.69, 9.17) is 0 Å². The Balaban J connectivity index is 2.18. The van der Waals surface area contributed by atoms with Crippen LogP contribution < -0.4 is 11.2 Å². The van der Waals surface area contributed by atoms with Crippen molar-refractivity contribution in [1.82, 2.24) is 19.4 Å². The molecule has 12 heteroatoms. The predicted octanol–water partition coefficient (Wildman–Crippen LogP) is 3.80. The summed E-state index contributed by atoms with van der Waals surface area (Å²) in [4.78, 5) is 45.4. The molecule has 0 spiro atoms. The van der Waals surface area contributed by atoms with Gasteiger partial charge in [0.2, 0.25) is 0 Å². The van der Waals surface area contributed by atoms with Gasteiger partial charge in [-0.05, 0) is 44.8 Å². The fourth-order valence-electron chi connectivity index (χ4n) is 4.02. The molecule has 2 aromatic carbocycles. The number of thiazole rings is 1. The number of aromatic nitrogens is 3. The molecule has 2 aromatic heterocycles. The van der Waals surface area contributed by atoms with Crippen LogP contribution in [0.4, 0.5) is 14.5 Å². The summed E-state index contributed by atoms with van der Waals surface area (Å²) in [6, 6.07) is 6.02. The Morgan fingerprint density at radius 3 is 2.42 bits per heavy atom. The highest BCUT2D eigenvalue weighted by atomic mass is 32.1. The molecular weight excluding hydrogens is 492 g/mol. The highest BCUT2D eigenvalue weighted by Crippen LogP contribution is 2.42. The van der Waals surface area contributed by atoms with Crippen LogP contribution in [0.5, 0.6) is 0 Å². The average Bonchev–Trinajstić information content (AvgIpc) is 3.22. The van der Waals surface area contributed by atoms with E-state index in [1.165, 1.54) is 35.9 Å². The quantitative estimate of drug-likeness (QED) is 0.297. The molecule has 36 heavy (non-hydrogen) atoms. The molecule has 9 nitrogen and oxygen atoms in total. The Morgan fingerprint density at radius 1 is 1.17 bits per heavy atom. The van der Waals surface area contributed by atoms with E-state index in [1.54, 1.807) is 25.9 Å². The van der Waals surface area contributed by atoms with E-state index in [2.05, 4.69) is 9.97 Å². The first kappa shape index (κ1) is 25.1. The zero-order valence-electron chi connectivity index (χ0n) is 19.5. The van der Waals surface area contributed by atoms with Crippen molar-refractivity contribution in [1.29, 1.82) is 0 Å². The van der Waals surface area contributed by atoms with Crippen molar-refractivity contribution >= 4 is 17.0 Å². The standard InChI is InChI=1S/C24H21F2N5O4S/c1-13-11-27-23(36-13)20-21(30-8-7-19(32)28-24(30)33)14(10-16-17(25)5-4-6-18(16)26)9-15(12-29(2)3)22(20)31(34)35/h4-9,11H,10,12H2,1-3H3,(H,28,32,33). The zero-order valence-corrected chi connectivity index (χ0v) is 20.4. The molecule has 0 fully saturated rings. The van der Waals surface area contributed by atoms with Crippen molar-refractivity contribution < 1.29 is 13.7 Å². The van der Waals surface area contributed by atoms with E-state index in [-0.39, 0.29) is 51.6 Å². The first-order valence-corrected chi connectivity index (χ1v) is 11.5. The van der Waals surface area contributed by atoms with Crippen LogP contribution >= 0.6 is 11.3 Å². The van der Waals surface area contributed by atoms with Gasteiger partial charge in [0.05, 0.1) is 10.6 Å². The number of aryl methyl sites for hydroxylation is 1. The second kappa shape index (κ2) is 9.91. The van der Waals surface area contributed by atoms with E-state index in [1.807, 2.05) is 0 Å². The summed E-state index contributed by atoms with van der Waals surface area (Å²) < 4.78 is 30.4. The van der Waals surface area contributed by atoms with Gasteiger partial charge < -0.3 is 4.90 Å². The SMILES string of the molecule is Cc1cnc(-c2c(-n3ccc(=O)[nH]c3=O)c(Cc3c(F)cccc3F)cc(CN(C)C)c2[N+](=O)[O-])s1. The second-order valence-electron chi connectivity index (χ2n) is 8.40. The van der Waals surface area contributed by atoms with E-state index in [0.29, 0.717) is 0 Å². The van der Waals surface area contributed by atoms with E-state index >= 15 is 0 Å². The highest BCUT2D eigenvalue weighted by Gasteiger charge is 2.31. The number of aromatic amines is 1. The van der Waals surface area contributed by atoms with E-state index in [0.717, 1.165) is 27.6 Å². The van der Waals surface area contributed by atoms with Crippen LogP contribution in [0.2, 0.25) is 0 Å². The summed E-state index contributed by atoms with van der Waals surface area (Å²) in [5, 5.41) is 12.7. The Hall–Kier alpha value is -4.03. The number of hydrogen-bond acceptors (Lipinski definition) is 7. The van der Waals surface area contributed by atoms with Crippen molar-refractivity contribution in [3.05, 3.63) is 107 Å². The Morgan fingerprint density at radius 2 is 1.86 bits per heavy atom. The summed E-state index contributed by atoms with van der Waals surface area (Å²) >= 11 is 1.17. The Labute approximate surface area is 207 Å². The van der Waals surface area contributed by atoms with Crippen molar-refractivity contribution in [3.63, 3.8) is 0 Å². The predicted molar refractivity (Wildman–Crippen MR) is 132 cm³/mol. The van der Waals surface area contributed by atoms with Gasteiger partial charge in [0, 0.05) is 47.4 Å². The van der Waals surface area contributed by atoms with Crippen LogP contribution in [0.1, 0.15) is 21.6 Å². The normalized spacial score (nSPS) is 11.3. The third-order valence-corrected chi connectivity index (χ3v) is 6.36. The second-order valence-corrected chi connectivity index (χ2v) is 9.63. The molecule has 2 heterocycles. The largest absolute Gasteiger partial charge is 0.332 e. The molecule has 0 unspecified atom stereocenters. The molecule has 0 aliphatic heterocycles. The molecule has 0 saturated carbocycles. The first-order valence-electron chi connectivity index (χ1n) is 10.7. The summed E-state index contributed by atoms with van der Waals surface area (Å²) in [7, 11) is 3.46. The van der Waals surface area contributed by atoms with Gasteiger partial charge in [-0.3, -0.25) is 24.5 Å². The minimum Gasteiger partial charge on any atom is -0.305 e. The molecule has 0 amide bonds. The number of benzene rings is 2. The number of nitrogens with zero attached hydrogens (tertiary/aromatic N) is 4. The number of nitro benzene ring substituents is 1. The lowest BCUT2D eigenvalue weighted by molar-refractivity contribution is -0.385. The van der Waals surface area contributed by atoms with Gasteiger partial charge in [-0.25, -0.2) is 18.6 Å². The van der Waals surface area contributed by atoms with Gasteiger partial charge in [-0.2, -0.15) is 0 Å². The number of H-pyrrole nitrogens is 1. The number of rotatable bonds is 7. The fourth-order valence-corrected chi connectivity index (χ4v) is 4.83. The van der Waals surface area contributed by atoms with Crippen molar-refractivity contribution in [2.24, 2.45) is 0 Å². The topological polar surface area (TPSA) is 114 Å². The maximum Gasteiger partial charge on any atom is 0.332 e. The Kier molecular flexibility index (Phi) is 6.91. The van der Waals surface area contributed by atoms with Gasteiger partial charge in [-0.1, -0.05) is 6.07 Å². The number of halogens is 2. The summed E-state index contributed by atoms with van der Waals surface area (Å²) in [6.07, 6.45) is 2.41. The maximum absolute atomic E-state index is 14.7. The van der Waals surface area contributed by atoms with Crippen LogP contribution in [0.15, 0.2) is 52.3 Å². The first-order chi connectivity index (χ1) is 17.1. The lowest BCUT2D eigenvalue weighted by Crippen LogP contribution is -2.29. The molecule has 0 atom stereocenters. The molecule has 1 N–H and O–H groups in total. The van der Waals surface area contributed by atoms with Crippen LogP contribution in [0, 0.1) is 28.7 Å². The monoisotopic (exact) mass is 513 g/mol. The molecular formula is C24H21F2N5O4S. The van der Waals surface area contributed by atoms with Gasteiger partial charge in [0.25, 0.3) is 11.2 Å². The third kappa shape index (κ3) is 4.86. The smallest absolute Gasteiger partial charge is 0.305 e. The third-order valence-electron chi connectivity index (χ3n) is 5.43.